The number of rotatable bonds is 0. The van der Waals surface area contributed by atoms with Crippen LogP contribution in [0, 0.1) is 0 Å². The van der Waals surface area contributed by atoms with Crippen molar-refractivity contribution in [3.63, 3.8) is 0 Å². The number of fused-ring (bicyclic) bond motifs is 3. The SMILES string of the molecule is Clc1ccc2c(c1Cl)OOc1c(Cl)c(Cl)c(Cl)c(Cl)c1-2. The quantitative estimate of drug-likeness (QED) is 0.275. The van der Waals surface area contributed by atoms with Crippen LogP contribution in [0.25, 0.3) is 11.1 Å². The molecule has 0 aromatic heterocycles. The lowest BCUT2D eigenvalue weighted by atomic mass is 10.0. The molecule has 0 unspecified atom stereocenters. The standard InChI is InChI=1S/C12H2Cl6O2/c13-4-2-1-3-5-7(15)8(16)9(17)10(18)12(5)20-19-11(3)6(4)14/h1-2H. The van der Waals surface area contributed by atoms with Gasteiger partial charge in [0.15, 0.2) is 0 Å². The molecule has 104 valence electrons. The minimum absolute atomic E-state index is 0.0872. The van der Waals surface area contributed by atoms with E-state index in [0.717, 1.165) is 0 Å². The summed E-state index contributed by atoms with van der Waals surface area (Å²) in [5.74, 6) is 0.417. The Hall–Kier alpha value is -0.220. The topological polar surface area (TPSA) is 18.5 Å². The van der Waals surface area contributed by atoms with Crippen molar-refractivity contribution in [1.29, 1.82) is 0 Å². The van der Waals surface area contributed by atoms with Crippen molar-refractivity contribution >= 4 is 69.6 Å². The highest BCUT2D eigenvalue weighted by molar-refractivity contribution is 6.53. The molecule has 1 aliphatic rings. The van der Waals surface area contributed by atoms with E-state index in [1.807, 2.05) is 0 Å². The first-order valence-electron chi connectivity index (χ1n) is 5.12. The summed E-state index contributed by atoms with van der Waals surface area (Å²) < 4.78 is 0. The zero-order valence-corrected chi connectivity index (χ0v) is 13.8. The van der Waals surface area contributed by atoms with E-state index in [0.29, 0.717) is 16.1 Å². The Balaban J connectivity index is 2.41. The number of halogens is 6. The van der Waals surface area contributed by atoms with Crippen molar-refractivity contribution in [2.45, 2.75) is 0 Å². The van der Waals surface area contributed by atoms with Gasteiger partial charge in [0, 0.05) is 5.56 Å². The Bertz CT molecular complexity index is 744. The zero-order valence-electron chi connectivity index (χ0n) is 9.24. The summed E-state index contributed by atoms with van der Waals surface area (Å²) >= 11 is 36.3. The molecule has 20 heavy (non-hydrogen) atoms. The minimum atomic E-state index is 0.0872. The van der Waals surface area contributed by atoms with Crippen LogP contribution in [0.15, 0.2) is 12.1 Å². The largest absolute Gasteiger partial charge is 0.288 e. The Labute approximate surface area is 143 Å². The summed E-state index contributed by atoms with van der Waals surface area (Å²) in [5, 5.41) is 1.03. The highest BCUT2D eigenvalue weighted by atomic mass is 35.5. The Morgan fingerprint density at radius 3 is 1.90 bits per heavy atom. The molecule has 0 bridgehead atoms. The first-order chi connectivity index (χ1) is 9.43. The van der Waals surface area contributed by atoms with Gasteiger partial charge in [0.2, 0.25) is 11.5 Å². The Morgan fingerprint density at radius 2 is 1.20 bits per heavy atom. The van der Waals surface area contributed by atoms with Gasteiger partial charge in [-0.2, -0.15) is 0 Å². The predicted molar refractivity (Wildman–Crippen MR) is 83.2 cm³/mol. The van der Waals surface area contributed by atoms with E-state index >= 15 is 0 Å². The van der Waals surface area contributed by atoms with Crippen molar-refractivity contribution < 1.29 is 9.78 Å². The zero-order chi connectivity index (χ0) is 14.6. The lowest BCUT2D eigenvalue weighted by molar-refractivity contribution is -0.102. The van der Waals surface area contributed by atoms with Gasteiger partial charge in [-0.05, 0) is 12.1 Å². The third-order valence-electron chi connectivity index (χ3n) is 2.75. The van der Waals surface area contributed by atoms with Crippen molar-refractivity contribution in [2.24, 2.45) is 0 Å². The second-order valence-corrected chi connectivity index (χ2v) is 6.16. The lowest BCUT2D eigenvalue weighted by Gasteiger charge is -2.23. The first kappa shape index (κ1) is 14.7. The van der Waals surface area contributed by atoms with Crippen molar-refractivity contribution in [3.05, 3.63) is 42.3 Å². The summed E-state index contributed by atoms with van der Waals surface area (Å²) in [7, 11) is 0. The maximum absolute atomic E-state index is 6.22. The van der Waals surface area contributed by atoms with Gasteiger partial charge in [-0.25, -0.2) is 0 Å². The van der Waals surface area contributed by atoms with Gasteiger partial charge in [0.05, 0.1) is 25.7 Å². The van der Waals surface area contributed by atoms with E-state index < -0.39 is 0 Å². The van der Waals surface area contributed by atoms with Gasteiger partial charge in [0.1, 0.15) is 10.0 Å². The maximum atomic E-state index is 6.22. The van der Waals surface area contributed by atoms with E-state index in [1.54, 1.807) is 12.1 Å². The number of hydrogen-bond acceptors (Lipinski definition) is 2. The highest BCUT2D eigenvalue weighted by Crippen LogP contribution is 2.55. The fraction of sp³-hybridized carbons (Fsp3) is 0. The average molecular weight is 391 g/mol. The molecule has 1 heterocycles. The summed E-state index contributed by atoms with van der Waals surface area (Å²) in [6, 6.07) is 3.28. The van der Waals surface area contributed by atoms with Crippen LogP contribution in [0.5, 0.6) is 11.5 Å². The molecule has 2 nitrogen and oxygen atoms in total. The molecular weight excluding hydrogens is 389 g/mol. The normalized spacial score (nSPS) is 12.3. The van der Waals surface area contributed by atoms with E-state index in [1.165, 1.54) is 0 Å². The van der Waals surface area contributed by atoms with Crippen molar-refractivity contribution in [2.75, 3.05) is 0 Å². The molecule has 1 aliphatic heterocycles. The molecule has 3 rings (SSSR count). The van der Waals surface area contributed by atoms with Crippen LogP contribution in [0.1, 0.15) is 0 Å². The maximum Gasteiger partial charge on any atom is 0.208 e. The summed E-state index contributed by atoms with van der Waals surface area (Å²) in [5.41, 5.74) is 1.01. The number of benzene rings is 2. The van der Waals surface area contributed by atoms with Gasteiger partial charge in [0.25, 0.3) is 0 Å². The molecule has 0 amide bonds. The molecule has 2 aromatic rings. The van der Waals surface area contributed by atoms with Gasteiger partial charge < -0.3 is 0 Å². The van der Waals surface area contributed by atoms with Gasteiger partial charge in [-0.3, -0.25) is 9.78 Å². The molecule has 2 aromatic carbocycles. The summed E-state index contributed by atoms with van der Waals surface area (Å²) in [6.07, 6.45) is 0. The van der Waals surface area contributed by atoms with Crippen molar-refractivity contribution in [1.82, 2.24) is 0 Å². The molecule has 0 N–H and O–H groups in total. The molecular formula is C12H2Cl6O2. The van der Waals surface area contributed by atoms with Crippen LogP contribution in [-0.2, 0) is 0 Å². The fourth-order valence-electron chi connectivity index (χ4n) is 1.82. The lowest BCUT2D eigenvalue weighted by Crippen LogP contribution is -2.10. The van der Waals surface area contributed by atoms with Crippen LogP contribution in [0.3, 0.4) is 0 Å². The first-order valence-corrected chi connectivity index (χ1v) is 7.39. The Kier molecular flexibility index (Phi) is 3.83. The predicted octanol–water partition coefficient (Wildman–Crippen LogP) is 6.96. The summed E-state index contributed by atoms with van der Waals surface area (Å²) in [6.45, 7) is 0. The molecule has 8 heteroatoms. The van der Waals surface area contributed by atoms with E-state index in [9.17, 15) is 0 Å². The molecule has 0 saturated carbocycles. The second-order valence-electron chi connectivity index (χ2n) is 3.86. The van der Waals surface area contributed by atoms with E-state index in [2.05, 4.69) is 0 Å². The van der Waals surface area contributed by atoms with E-state index in [4.69, 9.17) is 79.4 Å². The summed E-state index contributed by atoms with van der Waals surface area (Å²) in [4.78, 5) is 10.3. The second kappa shape index (κ2) is 5.20. The minimum Gasteiger partial charge on any atom is -0.288 e. The smallest absolute Gasteiger partial charge is 0.208 e. The molecule has 0 atom stereocenters. The monoisotopic (exact) mass is 388 g/mol. The van der Waals surface area contributed by atoms with Crippen LogP contribution in [0.2, 0.25) is 30.1 Å². The Morgan fingerprint density at radius 1 is 0.600 bits per heavy atom. The molecule has 0 spiro atoms. The third kappa shape index (κ3) is 2.02. The van der Waals surface area contributed by atoms with Crippen molar-refractivity contribution in [3.8, 4) is 22.6 Å². The fourth-order valence-corrected chi connectivity index (χ4v) is 3.14. The highest BCUT2D eigenvalue weighted by Gasteiger charge is 2.31. The molecule has 0 fully saturated rings. The average Bonchev–Trinajstić information content (AvgIpc) is 2.45. The van der Waals surface area contributed by atoms with E-state index in [-0.39, 0.29) is 36.6 Å². The third-order valence-corrected chi connectivity index (χ3v) is 5.32. The van der Waals surface area contributed by atoms with Gasteiger partial charge >= 0.3 is 0 Å². The molecule has 0 saturated heterocycles. The number of hydrogen-bond donors (Lipinski definition) is 0. The van der Waals surface area contributed by atoms with Gasteiger partial charge in [-0.15, -0.1) is 0 Å². The van der Waals surface area contributed by atoms with Crippen LogP contribution in [-0.4, -0.2) is 0 Å². The van der Waals surface area contributed by atoms with Crippen LogP contribution in [0.4, 0.5) is 0 Å². The van der Waals surface area contributed by atoms with Crippen LogP contribution < -0.4 is 9.78 Å². The van der Waals surface area contributed by atoms with Crippen LogP contribution >= 0.6 is 69.6 Å². The molecule has 0 aliphatic carbocycles. The molecule has 0 radical (unpaired) electrons. The van der Waals surface area contributed by atoms with Gasteiger partial charge in [-0.1, -0.05) is 69.6 Å².